The van der Waals surface area contributed by atoms with E-state index in [2.05, 4.69) is 10.3 Å². The highest BCUT2D eigenvalue weighted by Gasteiger charge is 2.37. The number of nitrogens with two attached hydrogens (primary N) is 1. The topological polar surface area (TPSA) is 58.4 Å². The van der Waals surface area contributed by atoms with Gasteiger partial charge < -0.3 is 0 Å². The van der Waals surface area contributed by atoms with E-state index in [0.29, 0.717) is 6.04 Å². The molecule has 0 aromatic carbocycles. The molecule has 1 amide bonds. The molecule has 1 heterocycles. The van der Waals surface area contributed by atoms with Crippen LogP contribution in [-0.2, 0) is 4.79 Å². The number of carbonyl (C=O) groups excluding carboxylic acids is 1. The average molecular weight is 225 g/mol. The van der Waals surface area contributed by atoms with E-state index in [9.17, 15) is 4.79 Å². The number of amides is 1. The summed E-state index contributed by atoms with van der Waals surface area (Å²) >= 11 is 0. The number of rotatable bonds is 3. The smallest absolute Gasteiger partial charge is 0.250 e. The van der Waals surface area contributed by atoms with E-state index in [4.69, 9.17) is 5.84 Å². The molecule has 2 aliphatic rings. The molecule has 4 nitrogen and oxygen atoms in total. The third kappa shape index (κ3) is 2.23. The number of nitrogens with zero attached hydrogens (tertiary/aromatic N) is 1. The maximum atomic E-state index is 11.6. The molecule has 0 aromatic heterocycles. The van der Waals surface area contributed by atoms with Gasteiger partial charge in [0.25, 0.3) is 5.91 Å². The molecule has 1 aliphatic carbocycles. The van der Waals surface area contributed by atoms with Gasteiger partial charge in [-0.1, -0.05) is 12.8 Å². The number of carbonyl (C=O) groups is 1. The molecule has 0 aromatic rings. The molecule has 0 radical (unpaired) electrons. The number of hydrogen-bond acceptors (Lipinski definition) is 3. The fourth-order valence-corrected chi connectivity index (χ4v) is 3.42. The molecular weight excluding hydrogens is 202 g/mol. The van der Waals surface area contributed by atoms with Crippen molar-refractivity contribution in [3.63, 3.8) is 0 Å². The number of likely N-dealkylation sites (tertiary alicyclic amines) is 1. The molecule has 2 rings (SSSR count). The zero-order chi connectivity index (χ0) is 11.5. The van der Waals surface area contributed by atoms with Crippen LogP contribution in [0.3, 0.4) is 0 Å². The second-order valence-electron chi connectivity index (χ2n) is 5.18. The van der Waals surface area contributed by atoms with Crippen molar-refractivity contribution in [1.29, 1.82) is 0 Å². The Labute approximate surface area is 97.5 Å². The fraction of sp³-hybridized carbons (Fsp3) is 0.917. The van der Waals surface area contributed by atoms with Crippen molar-refractivity contribution in [1.82, 2.24) is 10.3 Å². The first-order valence-corrected chi connectivity index (χ1v) is 6.50. The predicted molar refractivity (Wildman–Crippen MR) is 63.5 cm³/mol. The average Bonchev–Trinajstić information content (AvgIpc) is 2.95. The highest BCUT2D eigenvalue weighted by molar-refractivity contribution is 5.80. The first-order chi connectivity index (χ1) is 7.74. The Morgan fingerprint density at radius 2 is 2.00 bits per heavy atom. The summed E-state index contributed by atoms with van der Waals surface area (Å²) in [5.41, 5.74) is 2.27. The maximum absolute atomic E-state index is 11.6. The van der Waals surface area contributed by atoms with Crippen LogP contribution in [0, 0.1) is 5.92 Å². The maximum Gasteiger partial charge on any atom is 0.250 e. The lowest BCUT2D eigenvalue weighted by Crippen LogP contribution is -2.50. The van der Waals surface area contributed by atoms with Gasteiger partial charge in [0.1, 0.15) is 0 Å². The lowest BCUT2D eigenvalue weighted by Gasteiger charge is -2.33. The van der Waals surface area contributed by atoms with Crippen LogP contribution in [0.1, 0.15) is 45.4 Å². The van der Waals surface area contributed by atoms with Gasteiger partial charge >= 0.3 is 0 Å². The first-order valence-electron chi connectivity index (χ1n) is 6.50. The quantitative estimate of drug-likeness (QED) is 0.428. The second kappa shape index (κ2) is 5.15. The van der Waals surface area contributed by atoms with Crippen LogP contribution in [-0.4, -0.2) is 29.4 Å². The number of nitrogens with one attached hydrogen (secondary N) is 1. The fourth-order valence-electron chi connectivity index (χ4n) is 3.42. The Bertz CT molecular complexity index is 251. The largest absolute Gasteiger partial charge is 0.293 e. The lowest BCUT2D eigenvalue weighted by molar-refractivity contribution is -0.126. The van der Waals surface area contributed by atoms with Crippen molar-refractivity contribution in [3.05, 3.63) is 0 Å². The van der Waals surface area contributed by atoms with Crippen LogP contribution in [0.15, 0.2) is 0 Å². The van der Waals surface area contributed by atoms with Crippen molar-refractivity contribution in [2.24, 2.45) is 11.8 Å². The minimum atomic E-state index is -0.0712. The molecule has 2 fully saturated rings. The minimum absolute atomic E-state index is 0.0510. The van der Waals surface area contributed by atoms with Gasteiger partial charge in [-0.2, -0.15) is 0 Å². The highest BCUT2D eigenvalue weighted by atomic mass is 16.2. The number of hydrogen-bond donors (Lipinski definition) is 2. The Balaban J connectivity index is 1.99. The Hall–Kier alpha value is -0.610. The van der Waals surface area contributed by atoms with Crippen LogP contribution in [0.4, 0.5) is 0 Å². The molecule has 92 valence electrons. The second-order valence-corrected chi connectivity index (χ2v) is 5.18. The van der Waals surface area contributed by atoms with Gasteiger partial charge in [0, 0.05) is 6.04 Å². The van der Waals surface area contributed by atoms with E-state index in [-0.39, 0.29) is 11.9 Å². The Morgan fingerprint density at radius 1 is 1.31 bits per heavy atom. The van der Waals surface area contributed by atoms with Crippen molar-refractivity contribution in [3.8, 4) is 0 Å². The summed E-state index contributed by atoms with van der Waals surface area (Å²) in [6.45, 7) is 3.02. The van der Waals surface area contributed by atoms with Crippen LogP contribution < -0.4 is 11.3 Å². The summed E-state index contributed by atoms with van der Waals surface area (Å²) in [6, 6.07) is 0.549. The molecule has 1 saturated heterocycles. The van der Waals surface area contributed by atoms with E-state index in [1.54, 1.807) is 0 Å². The third-order valence-electron chi connectivity index (χ3n) is 4.31. The van der Waals surface area contributed by atoms with E-state index >= 15 is 0 Å². The predicted octanol–water partition coefficient (Wildman–Crippen LogP) is 1.02. The summed E-state index contributed by atoms with van der Waals surface area (Å²) in [4.78, 5) is 13.9. The molecule has 1 saturated carbocycles. The van der Waals surface area contributed by atoms with Gasteiger partial charge in [0.05, 0.1) is 6.04 Å². The molecule has 3 N–H and O–H groups in total. The highest BCUT2D eigenvalue weighted by Crippen LogP contribution is 2.36. The zero-order valence-electron chi connectivity index (χ0n) is 10.1. The van der Waals surface area contributed by atoms with Crippen LogP contribution >= 0.6 is 0 Å². The Kier molecular flexibility index (Phi) is 3.82. The molecule has 2 atom stereocenters. The molecule has 0 spiro atoms. The Morgan fingerprint density at radius 3 is 2.62 bits per heavy atom. The number of hydrazine groups is 1. The van der Waals surface area contributed by atoms with Crippen LogP contribution in [0.5, 0.6) is 0 Å². The first kappa shape index (κ1) is 11.9. The van der Waals surface area contributed by atoms with Crippen molar-refractivity contribution >= 4 is 5.91 Å². The molecule has 16 heavy (non-hydrogen) atoms. The van der Waals surface area contributed by atoms with Crippen molar-refractivity contribution in [2.45, 2.75) is 57.5 Å². The molecule has 4 heteroatoms. The summed E-state index contributed by atoms with van der Waals surface area (Å²) in [5.74, 6) is 5.98. The summed E-state index contributed by atoms with van der Waals surface area (Å²) in [6.07, 6.45) is 7.91. The summed E-state index contributed by atoms with van der Waals surface area (Å²) < 4.78 is 0. The zero-order valence-corrected chi connectivity index (χ0v) is 10.1. The molecule has 1 aliphatic heterocycles. The van der Waals surface area contributed by atoms with E-state index < -0.39 is 0 Å². The summed E-state index contributed by atoms with van der Waals surface area (Å²) in [7, 11) is 0. The van der Waals surface area contributed by atoms with Gasteiger partial charge in [-0.25, -0.2) is 5.84 Å². The van der Waals surface area contributed by atoms with Gasteiger partial charge in [-0.05, 0) is 45.1 Å². The third-order valence-corrected chi connectivity index (χ3v) is 4.31. The summed E-state index contributed by atoms with van der Waals surface area (Å²) in [5, 5.41) is 0. The van der Waals surface area contributed by atoms with E-state index in [0.717, 1.165) is 12.5 Å². The minimum Gasteiger partial charge on any atom is -0.293 e. The molecular formula is C12H23N3O. The van der Waals surface area contributed by atoms with Crippen molar-refractivity contribution in [2.75, 3.05) is 6.54 Å². The van der Waals surface area contributed by atoms with Gasteiger partial charge in [-0.15, -0.1) is 0 Å². The normalized spacial score (nSPS) is 29.5. The van der Waals surface area contributed by atoms with E-state index in [1.807, 2.05) is 6.92 Å². The monoisotopic (exact) mass is 225 g/mol. The SMILES string of the molecule is CC(C(=O)NN)N1CCCC1C1CCCC1. The lowest BCUT2D eigenvalue weighted by atomic mass is 9.95. The molecule has 2 unspecified atom stereocenters. The van der Waals surface area contributed by atoms with Gasteiger partial charge in [0.2, 0.25) is 0 Å². The standard InChI is InChI=1S/C12H23N3O/c1-9(12(16)14-13)15-8-4-7-11(15)10-5-2-3-6-10/h9-11H,2-8,13H2,1H3,(H,14,16). The van der Waals surface area contributed by atoms with Gasteiger partial charge in [0.15, 0.2) is 0 Å². The van der Waals surface area contributed by atoms with Crippen LogP contribution in [0.2, 0.25) is 0 Å². The molecule has 0 bridgehead atoms. The van der Waals surface area contributed by atoms with Gasteiger partial charge in [-0.3, -0.25) is 15.1 Å². The van der Waals surface area contributed by atoms with Crippen LogP contribution in [0.25, 0.3) is 0 Å². The van der Waals surface area contributed by atoms with E-state index in [1.165, 1.54) is 38.5 Å². The van der Waals surface area contributed by atoms with Crippen molar-refractivity contribution < 1.29 is 4.79 Å².